The molecule has 2 atom stereocenters. The van der Waals surface area contributed by atoms with Gasteiger partial charge in [-0.25, -0.2) is 4.79 Å². The summed E-state index contributed by atoms with van der Waals surface area (Å²) in [6.07, 6.45) is 6.98. The van der Waals surface area contributed by atoms with Crippen LogP contribution in [0.3, 0.4) is 0 Å². The Morgan fingerprint density at radius 2 is 1.69 bits per heavy atom. The van der Waals surface area contributed by atoms with Crippen molar-refractivity contribution in [2.75, 3.05) is 20.2 Å². The number of nitrogens with one attached hydrogen (secondary N) is 2. The van der Waals surface area contributed by atoms with Crippen LogP contribution in [0.1, 0.15) is 43.2 Å². The lowest BCUT2D eigenvalue weighted by Gasteiger charge is -2.38. The van der Waals surface area contributed by atoms with Crippen LogP contribution in [-0.4, -0.2) is 43.2 Å². The van der Waals surface area contributed by atoms with Gasteiger partial charge >= 0.3 is 6.03 Å². The Morgan fingerprint density at radius 1 is 1.00 bits per heavy atom. The molecule has 32 heavy (non-hydrogen) atoms. The van der Waals surface area contributed by atoms with E-state index in [1.165, 1.54) is 31.2 Å². The third-order valence-electron chi connectivity index (χ3n) is 6.96. The van der Waals surface area contributed by atoms with Crippen molar-refractivity contribution in [1.29, 1.82) is 0 Å². The molecule has 172 valence electrons. The van der Waals surface area contributed by atoms with Crippen LogP contribution in [0.2, 0.25) is 5.02 Å². The van der Waals surface area contributed by atoms with E-state index >= 15 is 0 Å². The third-order valence-corrected chi connectivity index (χ3v) is 7.22. The fourth-order valence-electron chi connectivity index (χ4n) is 5.13. The highest BCUT2D eigenvalue weighted by Gasteiger charge is 2.35. The van der Waals surface area contributed by atoms with Crippen LogP contribution in [0, 0.1) is 5.92 Å². The Labute approximate surface area is 196 Å². The minimum Gasteiger partial charge on any atom is -0.497 e. The summed E-state index contributed by atoms with van der Waals surface area (Å²) >= 11 is 6.01. The van der Waals surface area contributed by atoms with Gasteiger partial charge in [-0.05, 0) is 92.9 Å². The summed E-state index contributed by atoms with van der Waals surface area (Å²) in [4.78, 5) is 15.1. The largest absolute Gasteiger partial charge is 0.497 e. The van der Waals surface area contributed by atoms with Crippen molar-refractivity contribution in [3.05, 3.63) is 64.7 Å². The maximum atomic E-state index is 12.5. The molecule has 6 heteroatoms. The minimum atomic E-state index is -0.0738. The first kappa shape index (κ1) is 22.9. The van der Waals surface area contributed by atoms with Gasteiger partial charge in [-0.15, -0.1) is 0 Å². The molecule has 2 aromatic rings. The monoisotopic (exact) mass is 455 g/mol. The standard InChI is InChI=1S/C26H34ClN3O2/c1-32-23-11-7-21(8-12-23)18-28-26(31)29-24-3-2-4-25(24)30-15-13-20(14-16-30)17-19-5-9-22(27)10-6-19/h5-12,20,24-25H,2-4,13-18H2,1H3,(H2,28,29,31). The van der Waals surface area contributed by atoms with Crippen molar-refractivity contribution in [1.82, 2.24) is 15.5 Å². The molecule has 0 bridgehead atoms. The third kappa shape index (κ3) is 6.17. The number of carbonyl (C=O) groups excluding carboxylic acids is 1. The molecule has 1 aliphatic carbocycles. The van der Waals surface area contributed by atoms with E-state index in [0.29, 0.717) is 12.6 Å². The van der Waals surface area contributed by atoms with Gasteiger partial charge in [0.1, 0.15) is 5.75 Å². The second-order valence-electron chi connectivity index (χ2n) is 9.09. The highest BCUT2D eigenvalue weighted by molar-refractivity contribution is 6.30. The number of methoxy groups -OCH3 is 1. The predicted molar refractivity (Wildman–Crippen MR) is 129 cm³/mol. The van der Waals surface area contributed by atoms with E-state index in [1.807, 2.05) is 36.4 Å². The van der Waals surface area contributed by atoms with Crippen molar-refractivity contribution >= 4 is 17.6 Å². The lowest BCUT2D eigenvalue weighted by molar-refractivity contribution is 0.118. The average Bonchev–Trinajstić information content (AvgIpc) is 3.28. The molecule has 1 heterocycles. The van der Waals surface area contributed by atoms with Gasteiger partial charge in [0, 0.05) is 23.7 Å². The molecule has 2 amide bonds. The first-order valence-corrected chi connectivity index (χ1v) is 12.1. The summed E-state index contributed by atoms with van der Waals surface area (Å²) in [5, 5.41) is 7.06. The van der Waals surface area contributed by atoms with Gasteiger partial charge in [0.15, 0.2) is 0 Å². The Balaban J connectivity index is 1.22. The number of carbonyl (C=O) groups is 1. The molecule has 1 saturated heterocycles. The van der Waals surface area contributed by atoms with Gasteiger partial charge in [-0.1, -0.05) is 35.9 Å². The van der Waals surface area contributed by atoms with Crippen molar-refractivity contribution in [3.8, 4) is 5.75 Å². The predicted octanol–water partition coefficient (Wildman–Crippen LogP) is 5.02. The first-order valence-electron chi connectivity index (χ1n) is 11.8. The number of hydrogen-bond acceptors (Lipinski definition) is 3. The second-order valence-corrected chi connectivity index (χ2v) is 9.53. The van der Waals surface area contributed by atoms with E-state index in [2.05, 4.69) is 27.7 Å². The smallest absolute Gasteiger partial charge is 0.315 e. The van der Waals surface area contributed by atoms with Crippen LogP contribution < -0.4 is 15.4 Å². The van der Waals surface area contributed by atoms with Crippen LogP contribution >= 0.6 is 11.6 Å². The molecule has 2 unspecified atom stereocenters. The molecule has 2 aliphatic rings. The van der Waals surface area contributed by atoms with E-state index < -0.39 is 0 Å². The first-order chi connectivity index (χ1) is 15.6. The minimum absolute atomic E-state index is 0.0738. The maximum absolute atomic E-state index is 12.5. The van der Waals surface area contributed by atoms with E-state index in [9.17, 15) is 4.79 Å². The second kappa shape index (κ2) is 11.1. The molecule has 0 spiro atoms. The van der Waals surface area contributed by atoms with Gasteiger partial charge in [0.05, 0.1) is 7.11 Å². The van der Waals surface area contributed by atoms with E-state index in [1.54, 1.807) is 7.11 Å². The maximum Gasteiger partial charge on any atom is 0.315 e. The molecule has 2 fully saturated rings. The summed E-state index contributed by atoms with van der Waals surface area (Å²) in [7, 11) is 1.65. The summed E-state index contributed by atoms with van der Waals surface area (Å²) in [6, 6.07) is 16.7. The van der Waals surface area contributed by atoms with Crippen LogP contribution in [0.4, 0.5) is 4.79 Å². The fourth-order valence-corrected chi connectivity index (χ4v) is 5.26. The summed E-state index contributed by atoms with van der Waals surface area (Å²) in [5.41, 5.74) is 2.44. The van der Waals surface area contributed by atoms with E-state index in [0.717, 1.165) is 48.2 Å². The number of benzene rings is 2. The van der Waals surface area contributed by atoms with Gasteiger partial charge in [-0.2, -0.15) is 0 Å². The number of halogens is 1. The summed E-state index contributed by atoms with van der Waals surface area (Å²) in [5.74, 6) is 1.55. The SMILES string of the molecule is COc1ccc(CNC(=O)NC2CCCC2N2CCC(Cc3ccc(Cl)cc3)CC2)cc1. The Bertz CT molecular complexity index is 864. The van der Waals surface area contributed by atoms with Crippen molar-refractivity contribution in [3.63, 3.8) is 0 Å². The normalized spacial score (nSPS) is 21.9. The number of likely N-dealkylation sites (tertiary alicyclic amines) is 1. The van der Waals surface area contributed by atoms with Crippen LogP contribution in [0.5, 0.6) is 5.75 Å². The van der Waals surface area contributed by atoms with Gasteiger partial charge in [0.25, 0.3) is 0 Å². The van der Waals surface area contributed by atoms with Crippen molar-refractivity contribution < 1.29 is 9.53 Å². The summed E-state index contributed by atoms with van der Waals surface area (Å²) < 4.78 is 5.18. The number of nitrogens with zero attached hydrogens (tertiary/aromatic N) is 1. The van der Waals surface area contributed by atoms with Crippen LogP contribution in [0.25, 0.3) is 0 Å². The van der Waals surface area contributed by atoms with Crippen molar-refractivity contribution in [2.45, 2.75) is 57.2 Å². The number of amides is 2. The molecule has 0 radical (unpaired) electrons. The summed E-state index contributed by atoms with van der Waals surface area (Å²) in [6.45, 7) is 2.76. The molecule has 4 rings (SSSR count). The molecule has 2 N–H and O–H groups in total. The number of ether oxygens (including phenoxy) is 1. The average molecular weight is 456 g/mol. The number of urea groups is 1. The van der Waals surface area contributed by atoms with Crippen LogP contribution in [-0.2, 0) is 13.0 Å². The molecular weight excluding hydrogens is 422 g/mol. The van der Waals surface area contributed by atoms with Crippen LogP contribution in [0.15, 0.2) is 48.5 Å². The van der Waals surface area contributed by atoms with Gasteiger partial charge in [0.2, 0.25) is 0 Å². The molecule has 1 aliphatic heterocycles. The van der Waals surface area contributed by atoms with E-state index in [-0.39, 0.29) is 12.1 Å². The molecule has 5 nitrogen and oxygen atoms in total. The lowest BCUT2D eigenvalue weighted by atomic mass is 9.89. The number of hydrogen-bond donors (Lipinski definition) is 2. The number of rotatable bonds is 7. The molecule has 0 aromatic heterocycles. The highest BCUT2D eigenvalue weighted by Crippen LogP contribution is 2.30. The quantitative estimate of drug-likeness (QED) is 0.616. The molecule has 2 aromatic carbocycles. The Kier molecular flexibility index (Phi) is 7.93. The van der Waals surface area contributed by atoms with Crippen molar-refractivity contribution in [2.24, 2.45) is 5.92 Å². The molecular formula is C26H34ClN3O2. The van der Waals surface area contributed by atoms with Gasteiger partial charge < -0.3 is 15.4 Å². The zero-order valence-electron chi connectivity index (χ0n) is 18.9. The highest BCUT2D eigenvalue weighted by atomic mass is 35.5. The van der Waals surface area contributed by atoms with Gasteiger partial charge in [-0.3, -0.25) is 4.90 Å². The fraction of sp³-hybridized carbons (Fsp3) is 0.500. The zero-order valence-corrected chi connectivity index (χ0v) is 19.6. The zero-order chi connectivity index (χ0) is 22.3. The lowest BCUT2D eigenvalue weighted by Crippen LogP contribution is -2.53. The number of piperidine rings is 1. The van der Waals surface area contributed by atoms with E-state index in [4.69, 9.17) is 16.3 Å². The Hall–Kier alpha value is -2.24. The Morgan fingerprint density at radius 3 is 2.38 bits per heavy atom. The topological polar surface area (TPSA) is 53.6 Å². The molecule has 1 saturated carbocycles.